The molecule has 6 aliphatic rings. The Bertz CT molecular complexity index is 998. The van der Waals surface area contributed by atoms with E-state index in [2.05, 4.69) is 17.1 Å². The molecule has 9 atom stereocenters. The summed E-state index contributed by atoms with van der Waals surface area (Å²) in [6.45, 7) is 9.35. The first-order valence-corrected chi connectivity index (χ1v) is 15.2. The maximum atomic E-state index is 12.5. The Morgan fingerprint density at radius 2 is 1.92 bits per heavy atom. The molecule has 0 radical (unpaired) electrons. The third kappa shape index (κ3) is 4.52. The second-order valence-electron chi connectivity index (χ2n) is 13.6. The third-order valence-electron chi connectivity index (χ3n) is 12.1. The Labute approximate surface area is 231 Å². The van der Waals surface area contributed by atoms with Crippen molar-refractivity contribution in [2.75, 3.05) is 46.0 Å². The Balaban J connectivity index is 1.09. The number of ether oxygens (including phenoxy) is 3. The molecule has 0 bridgehead atoms. The Hall–Kier alpha value is -1.68. The van der Waals surface area contributed by atoms with Crippen LogP contribution in [-0.2, 0) is 19.0 Å². The van der Waals surface area contributed by atoms with Gasteiger partial charge in [0.25, 0.3) is 0 Å². The van der Waals surface area contributed by atoms with Gasteiger partial charge in [-0.2, -0.15) is 0 Å². The standard InChI is InChI=1S/C30H46N2O7/c1-28-7-5-21(39-27(35)31-9-10-32-11-13-37-14-12-32)16-20(28)3-4-23-24(28)17-25(33)29(2)22(6-8-30(23,29)36)19-15-26(34)38-18-19/h15,20-25,33,36H,3-14,16-18H2,1-2H3,(H,31,35)/t20-,21+,22-,23-,24+,25-,28+,29+,30+/m1/s1. The van der Waals surface area contributed by atoms with Crippen LogP contribution >= 0.6 is 0 Å². The van der Waals surface area contributed by atoms with E-state index >= 15 is 0 Å². The molecule has 5 fully saturated rings. The number of carbonyl (C=O) groups excluding carboxylic acids is 2. The third-order valence-corrected chi connectivity index (χ3v) is 12.1. The van der Waals surface area contributed by atoms with Crippen LogP contribution in [0.4, 0.5) is 4.79 Å². The lowest BCUT2D eigenvalue weighted by Crippen LogP contribution is -2.67. The van der Waals surface area contributed by atoms with E-state index in [4.69, 9.17) is 14.2 Å². The first-order valence-electron chi connectivity index (χ1n) is 15.2. The van der Waals surface area contributed by atoms with Crippen molar-refractivity contribution in [3.63, 3.8) is 0 Å². The zero-order valence-corrected chi connectivity index (χ0v) is 23.5. The number of cyclic esters (lactones) is 1. The maximum Gasteiger partial charge on any atom is 0.407 e. The number of aliphatic hydroxyl groups is 2. The van der Waals surface area contributed by atoms with Crippen LogP contribution in [-0.4, -0.2) is 91.0 Å². The largest absolute Gasteiger partial charge is 0.458 e. The first kappa shape index (κ1) is 27.5. The Morgan fingerprint density at radius 1 is 1.13 bits per heavy atom. The molecular formula is C30H46N2O7. The summed E-state index contributed by atoms with van der Waals surface area (Å²) >= 11 is 0. The van der Waals surface area contributed by atoms with Crippen molar-refractivity contribution >= 4 is 12.1 Å². The predicted octanol–water partition coefficient (Wildman–Crippen LogP) is 2.64. The summed E-state index contributed by atoms with van der Waals surface area (Å²) in [4.78, 5) is 26.6. The zero-order valence-electron chi connectivity index (χ0n) is 23.5. The van der Waals surface area contributed by atoms with Crippen LogP contribution in [0.25, 0.3) is 0 Å². The second kappa shape index (κ2) is 10.3. The molecule has 1 amide bonds. The molecule has 218 valence electrons. The fourth-order valence-corrected chi connectivity index (χ4v) is 9.79. The highest BCUT2D eigenvalue weighted by Gasteiger charge is 2.70. The molecule has 3 N–H and O–H groups in total. The van der Waals surface area contributed by atoms with Gasteiger partial charge in [-0.05, 0) is 86.0 Å². The van der Waals surface area contributed by atoms with E-state index in [-0.39, 0.29) is 47.9 Å². The van der Waals surface area contributed by atoms with Gasteiger partial charge in [-0.25, -0.2) is 9.59 Å². The number of esters is 1. The number of alkyl carbamates (subject to hydrolysis) is 1. The molecule has 2 heterocycles. The molecule has 0 aromatic rings. The summed E-state index contributed by atoms with van der Waals surface area (Å²) < 4.78 is 16.5. The van der Waals surface area contributed by atoms with E-state index in [1.54, 1.807) is 6.08 Å². The second-order valence-corrected chi connectivity index (χ2v) is 13.6. The minimum atomic E-state index is -0.964. The predicted molar refractivity (Wildman–Crippen MR) is 143 cm³/mol. The molecule has 39 heavy (non-hydrogen) atoms. The molecule has 0 aromatic carbocycles. The smallest absolute Gasteiger partial charge is 0.407 e. The molecule has 2 aliphatic heterocycles. The van der Waals surface area contributed by atoms with Gasteiger partial charge in [0.05, 0.1) is 24.9 Å². The van der Waals surface area contributed by atoms with E-state index in [0.29, 0.717) is 25.3 Å². The van der Waals surface area contributed by atoms with Gasteiger partial charge < -0.3 is 29.7 Å². The van der Waals surface area contributed by atoms with Crippen molar-refractivity contribution < 1.29 is 34.0 Å². The number of amides is 1. The molecule has 4 saturated carbocycles. The van der Waals surface area contributed by atoms with Crippen LogP contribution in [0.15, 0.2) is 11.6 Å². The fourth-order valence-electron chi connectivity index (χ4n) is 9.79. The molecule has 6 rings (SSSR count). The van der Waals surface area contributed by atoms with Gasteiger partial charge in [0.1, 0.15) is 12.7 Å². The first-order chi connectivity index (χ1) is 18.6. The van der Waals surface area contributed by atoms with E-state index < -0.39 is 17.1 Å². The number of carbonyl (C=O) groups is 2. The molecule has 9 nitrogen and oxygen atoms in total. The van der Waals surface area contributed by atoms with Gasteiger partial charge in [-0.1, -0.05) is 13.8 Å². The highest BCUT2D eigenvalue weighted by molar-refractivity contribution is 5.85. The SMILES string of the molecule is C[C@]12CC[C@H](OC(=O)NCCN3CCOCC3)C[C@H]1CC[C@@H]1[C@@H]2C[C@@H](O)[C@]2(C)[C@@H](C3=CC(=O)OC3)CC[C@]12O. The number of aliphatic hydroxyl groups excluding tert-OH is 1. The van der Waals surface area contributed by atoms with Gasteiger partial charge in [0.15, 0.2) is 0 Å². The van der Waals surface area contributed by atoms with Crippen LogP contribution in [0.5, 0.6) is 0 Å². The summed E-state index contributed by atoms with van der Waals surface area (Å²) in [5.74, 6) is 0.393. The van der Waals surface area contributed by atoms with Gasteiger partial charge >= 0.3 is 12.1 Å². The zero-order chi connectivity index (χ0) is 27.4. The number of fused-ring (bicyclic) bond motifs is 5. The minimum absolute atomic E-state index is 0.00256. The van der Waals surface area contributed by atoms with Crippen LogP contribution in [0.3, 0.4) is 0 Å². The van der Waals surface area contributed by atoms with Crippen molar-refractivity contribution in [1.82, 2.24) is 10.2 Å². The maximum absolute atomic E-state index is 12.5. The van der Waals surface area contributed by atoms with E-state index in [9.17, 15) is 19.8 Å². The molecule has 0 spiro atoms. The lowest BCUT2D eigenvalue weighted by molar-refractivity contribution is -0.244. The lowest BCUT2D eigenvalue weighted by Gasteiger charge is -2.65. The molecule has 9 heteroatoms. The van der Waals surface area contributed by atoms with Gasteiger partial charge in [-0.15, -0.1) is 0 Å². The van der Waals surface area contributed by atoms with Crippen LogP contribution < -0.4 is 5.32 Å². The highest BCUT2D eigenvalue weighted by atomic mass is 16.6. The number of hydrogen-bond donors (Lipinski definition) is 3. The van der Waals surface area contributed by atoms with E-state index in [1.807, 2.05) is 6.92 Å². The number of nitrogens with zero attached hydrogens (tertiary/aromatic N) is 1. The summed E-state index contributed by atoms with van der Waals surface area (Å²) in [5.41, 5.74) is -0.723. The molecule has 1 saturated heterocycles. The van der Waals surface area contributed by atoms with Crippen LogP contribution in [0.2, 0.25) is 0 Å². The van der Waals surface area contributed by atoms with Crippen molar-refractivity contribution in [1.29, 1.82) is 0 Å². The van der Waals surface area contributed by atoms with Crippen molar-refractivity contribution in [3.05, 3.63) is 11.6 Å². The number of rotatable bonds is 5. The molecular weight excluding hydrogens is 500 g/mol. The average molecular weight is 547 g/mol. The monoisotopic (exact) mass is 546 g/mol. The molecule has 0 aromatic heterocycles. The fraction of sp³-hybridized carbons (Fsp3) is 0.867. The highest BCUT2D eigenvalue weighted by Crippen LogP contribution is 2.70. The average Bonchev–Trinajstić information content (AvgIpc) is 3.46. The normalized spacial score (nSPS) is 45.9. The summed E-state index contributed by atoms with van der Waals surface area (Å²) in [6.07, 6.45) is 7.12. The van der Waals surface area contributed by atoms with Crippen molar-refractivity contribution in [3.8, 4) is 0 Å². The summed E-state index contributed by atoms with van der Waals surface area (Å²) in [7, 11) is 0. The van der Waals surface area contributed by atoms with Crippen molar-refractivity contribution in [2.45, 2.75) is 83.0 Å². The minimum Gasteiger partial charge on any atom is -0.458 e. The van der Waals surface area contributed by atoms with Crippen molar-refractivity contribution in [2.24, 2.45) is 34.5 Å². The number of hydrogen-bond acceptors (Lipinski definition) is 8. The topological polar surface area (TPSA) is 118 Å². The Kier molecular flexibility index (Phi) is 7.26. The van der Waals surface area contributed by atoms with Crippen LogP contribution in [0, 0.1) is 34.5 Å². The molecule has 0 unspecified atom stereocenters. The number of morpholine rings is 1. The van der Waals surface area contributed by atoms with Crippen LogP contribution in [0.1, 0.15) is 65.2 Å². The van der Waals surface area contributed by atoms with Gasteiger partial charge in [0, 0.05) is 37.7 Å². The number of nitrogens with one attached hydrogen (secondary N) is 1. The molecule has 4 aliphatic carbocycles. The van der Waals surface area contributed by atoms with Gasteiger partial charge in [0.2, 0.25) is 0 Å². The quantitative estimate of drug-likeness (QED) is 0.451. The Morgan fingerprint density at radius 3 is 2.67 bits per heavy atom. The van der Waals surface area contributed by atoms with Gasteiger partial charge in [-0.3, -0.25) is 4.90 Å². The summed E-state index contributed by atoms with van der Waals surface area (Å²) in [5, 5.41) is 27.0. The lowest BCUT2D eigenvalue weighted by atomic mass is 9.42. The van der Waals surface area contributed by atoms with E-state index in [0.717, 1.165) is 76.9 Å². The van der Waals surface area contributed by atoms with E-state index in [1.165, 1.54) is 0 Å². The summed E-state index contributed by atoms with van der Waals surface area (Å²) in [6, 6.07) is 0.